The van der Waals surface area contributed by atoms with E-state index in [2.05, 4.69) is 5.32 Å². The second-order valence-electron chi connectivity index (χ2n) is 7.15. The first kappa shape index (κ1) is 22.2. The summed E-state index contributed by atoms with van der Waals surface area (Å²) in [7, 11) is -3.15. The molecule has 1 heterocycles. The molecule has 33 heavy (non-hydrogen) atoms. The first-order chi connectivity index (χ1) is 15.8. The quantitative estimate of drug-likeness (QED) is 0.582. The van der Waals surface area contributed by atoms with Gasteiger partial charge in [-0.25, -0.2) is 21.9 Å². The summed E-state index contributed by atoms with van der Waals surface area (Å²) in [6, 6.07) is 20.2. The largest absolute Gasteiger partial charge is 0.464 e. The fourth-order valence-corrected chi connectivity index (χ4v) is 5.28. The molecule has 0 bridgehead atoms. The number of hydrogen-bond acceptors (Lipinski definition) is 5. The molecule has 0 spiro atoms. The zero-order valence-corrected chi connectivity index (χ0v) is 18.3. The fourth-order valence-electron chi connectivity index (χ4n) is 3.65. The van der Waals surface area contributed by atoms with Crippen molar-refractivity contribution >= 4 is 33.2 Å². The van der Waals surface area contributed by atoms with E-state index in [1.807, 2.05) is 0 Å². The van der Waals surface area contributed by atoms with E-state index in [0.717, 1.165) is 17.5 Å². The monoisotopic (exact) mass is 466 g/mol. The van der Waals surface area contributed by atoms with Gasteiger partial charge in [0, 0.05) is 16.8 Å². The molecule has 0 unspecified atom stereocenters. The number of fused-ring (bicyclic) bond motifs is 1. The average Bonchev–Trinajstić information content (AvgIpc) is 2.81. The van der Waals surface area contributed by atoms with Gasteiger partial charge in [-0.2, -0.15) is 0 Å². The highest BCUT2D eigenvalue weighted by atomic mass is 32.2. The van der Waals surface area contributed by atoms with Crippen molar-refractivity contribution in [2.24, 2.45) is 0 Å². The number of methoxy groups -OCH3 is 1. The molecular formula is C24H19FN2O5S. The Labute approximate surface area is 190 Å². The number of halogens is 1. The van der Waals surface area contributed by atoms with Crippen LogP contribution in [0.3, 0.4) is 0 Å². The lowest BCUT2D eigenvalue weighted by Crippen LogP contribution is -2.43. The molecule has 0 aliphatic carbocycles. The maximum absolute atomic E-state index is 13.5. The zero-order chi connectivity index (χ0) is 23.6. The Morgan fingerprint density at radius 2 is 1.67 bits per heavy atom. The molecule has 4 rings (SSSR count). The van der Waals surface area contributed by atoms with Crippen LogP contribution in [0, 0.1) is 5.82 Å². The molecule has 1 aliphatic heterocycles. The highest BCUT2D eigenvalue weighted by Gasteiger charge is 2.41. The molecule has 3 aromatic rings. The van der Waals surface area contributed by atoms with Crippen molar-refractivity contribution in [2.45, 2.75) is 4.90 Å². The maximum atomic E-state index is 13.5. The molecule has 168 valence electrons. The van der Waals surface area contributed by atoms with E-state index >= 15 is 0 Å². The first-order valence-electron chi connectivity index (χ1n) is 9.88. The van der Waals surface area contributed by atoms with Gasteiger partial charge in [0.25, 0.3) is 10.0 Å². The normalized spacial score (nSPS) is 14.4. The number of rotatable bonds is 5. The zero-order valence-electron chi connectivity index (χ0n) is 17.5. The number of carbonyl (C=O) groups is 2. The Morgan fingerprint density at radius 3 is 2.36 bits per heavy atom. The number of nitrogens with zero attached hydrogens (tertiary/aromatic N) is 1. The van der Waals surface area contributed by atoms with Gasteiger partial charge in [-0.05, 0) is 29.8 Å². The number of esters is 1. The van der Waals surface area contributed by atoms with Gasteiger partial charge in [0.1, 0.15) is 18.1 Å². The Balaban J connectivity index is 1.87. The smallest absolute Gasteiger partial charge is 0.356 e. The van der Waals surface area contributed by atoms with Crippen LogP contribution in [0.15, 0.2) is 89.5 Å². The van der Waals surface area contributed by atoms with E-state index in [4.69, 9.17) is 4.74 Å². The van der Waals surface area contributed by atoms with Crippen LogP contribution in [0.2, 0.25) is 0 Å². The number of nitrogens with one attached hydrogen (secondary N) is 1. The van der Waals surface area contributed by atoms with Crippen LogP contribution in [-0.2, 0) is 24.3 Å². The third-order valence-corrected chi connectivity index (χ3v) is 6.85. The Morgan fingerprint density at radius 1 is 0.970 bits per heavy atom. The third-order valence-electron chi connectivity index (χ3n) is 5.05. The molecule has 3 aromatic carbocycles. The molecule has 7 nitrogen and oxygen atoms in total. The van der Waals surface area contributed by atoms with Crippen molar-refractivity contribution in [3.63, 3.8) is 0 Å². The number of hydrogen-bond donors (Lipinski definition) is 1. The number of sulfonamides is 1. The molecule has 1 amide bonds. The van der Waals surface area contributed by atoms with Crippen molar-refractivity contribution in [3.05, 3.63) is 102 Å². The molecule has 0 saturated heterocycles. The van der Waals surface area contributed by atoms with Gasteiger partial charge in [0.2, 0.25) is 5.91 Å². The first-order valence-corrected chi connectivity index (χ1v) is 11.3. The SMILES string of the molecule is COC(=O)C1=C(c2ccccc2)c2ccccc2S(=O)(=O)N1CC(=O)Nc1cccc(F)c1. The highest BCUT2D eigenvalue weighted by Crippen LogP contribution is 2.40. The second kappa shape index (κ2) is 8.87. The summed E-state index contributed by atoms with van der Waals surface area (Å²) < 4.78 is 46.1. The van der Waals surface area contributed by atoms with Crippen LogP contribution in [-0.4, -0.2) is 38.3 Å². The van der Waals surface area contributed by atoms with Gasteiger partial charge in [-0.1, -0.05) is 54.6 Å². The lowest BCUT2D eigenvalue weighted by atomic mass is 9.95. The van der Waals surface area contributed by atoms with Crippen LogP contribution >= 0.6 is 0 Å². The van der Waals surface area contributed by atoms with E-state index in [-0.39, 0.29) is 16.3 Å². The van der Waals surface area contributed by atoms with Gasteiger partial charge in [-0.3, -0.25) is 4.79 Å². The summed E-state index contributed by atoms with van der Waals surface area (Å²) in [5, 5.41) is 2.46. The third kappa shape index (κ3) is 4.22. The molecule has 9 heteroatoms. The van der Waals surface area contributed by atoms with Gasteiger partial charge in [0.15, 0.2) is 0 Å². The molecule has 1 N–H and O–H groups in total. The minimum Gasteiger partial charge on any atom is -0.464 e. The number of ether oxygens (including phenoxy) is 1. The van der Waals surface area contributed by atoms with E-state index < -0.39 is 34.3 Å². The van der Waals surface area contributed by atoms with Crippen molar-refractivity contribution in [1.82, 2.24) is 4.31 Å². The lowest BCUT2D eigenvalue weighted by molar-refractivity contribution is -0.137. The van der Waals surface area contributed by atoms with Crippen LogP contribution < -0.4 is 5.32 Å². The van der Waals surface area contributed by atoms with Crippen LogP contribution in [0.25, 0.3) is 5.57 Å². The molecular weight excluding hydrogens is 447 g/mol. The molecule has 0 fully saturated rings. The van der Waals surface area contributed by atoms with Gasteiger partial charge in [-0.15, -0.1) is 0 Å². The summed E-state index contributed by atoms with van der Waals surface area (Å²) in [4.78, 5) is 25.6. The molecule has 0 atom stereocenters. The van der Waals surface area contributed by atoms with E-state index in [9.17, 15) is 22.4 Å². The number of anilines is 1. The highest BCUT2D eigenvalue weighted by molar-refractivity contribution is 7.89. The minimum absolute atomic E-state index is 0.0462. The minimum atomic E-state index is -4.28. The topological polar surface area (TPSA) is 92.8 Å². The summed E-state index contributed by atoms with van der Waals surface area (Å²) in [5.41, 5.74) is 1.10. The van der Waals surface area contributed by atoms with Gasteiger partial charge < -0.3 is 10.1 Å². The average molecular weight is 466 g/mol. The molecule has 0 radical (unpaired) electrons. The van der Waals surface area contributed by atoms with Gasteiger partial charge in [0.05, 0.1) is 12.0 Å². The van der Waals surface area contributed by atoms with Crippen molar-refractivity contribution < 1.29 is 27.1 Å². The summed E-state index contributed by atoms with van der Waals surface area (Å²) in [6.45, 7) is -0.714. The predicted octanol–water partition coefficient (Wildman–Crippen LogP) is 3.40. The Kier molecular flexibility index (Phi) is 5.97. The van der Waals surface area contributed by atoms with E-state index in [0.29, 0.717) is 16.7 Å². The Bertz CT molecular complexity index is 1370. The van der Waals surface area contributed by atoms with Crippen molar-refractivity contribution in [1.29, 1.82) is 0 Å². The lowest BCUT2D eigenvalue weighted by Gasteiger charge is -2.32. The molecule has 0 saturated carbocycles. The van der Waals surface area contributed by atoms with E-state index in [1.165, 1.54) is 24.3 Å². The predicted molar refractivity (Wildman–Crippen MR) is 120 cm³/mol. The van der Waals surface area contributed by atoms with Crippen molar-refractivity contribution in [3.8, 4) is 0 Å². The Hall–Kier alpha value is -3.98. The fraction of sp³-hybridized carbons (Fsp3) is 0.0833. The summed E-state index contributed by atoms with van der Waals surface area (Å²) >= 11 is 0. The second-order valence-corrected chi connectivity index (χ2v) is 8.98. The van der Waals surface area contributed by atoms with Crippen LogP contribution in [0.4, 0.5) is 10.1 Å². The number of benzene rings is 3. The van der Waals surface area contributed by atoms with Crippen LogP contribution in [0.5, 0.6) is 0 Å². The summed E-state index contributed by atoms with van der Waals surface area (Å²) in [6.07, 6.45) is 0. The number of amides is 1. The molecule has 0 aromatic heterocycles. The maximum Gasteiger partial charge on any atom is 0.356 e. The van der Waals surface area contributed by atoms with Gasteiger partial charge >= 0.3 is 5.97 Å². The molecule has 1 aliphatic rings. The summed E-state index contributed by atoms with van der Waals surface area (Å²) in [5.74, 6) is -2.23. The number of carbonyl (C=O) groups excluding carboxylic acids is 2. The van der Waals surface area contributed by atoms with Crippen LogP contribution in [0.1, 0.15) is 11.1 Å². The standard InChI is InChI=1S/C24H19FN2O5S/c1-32-24(29)23-22(16-8-3-2-4-9-16)19-12-5-6-13-20(19)33(30,31)27(23)15-21(28)26-18-11-7-10-17(25)14-18/h2-14H,15H2,1H3,(H,26,28). The van der Waals surface area contributed by atoms with E-state index in [1.54, 1.807) is 48.5 Å². The van der Waals surface area contributed by atoms with Crippen molar-refractivity contribution in [2.75, 3.05) is 19.0 Å².